The normalized spacial score (nSPS) is 17.4. The standard InChI is InChI=1S/C23H22BrN5O4/c24-14-2-3-15-18(12-14)27-22(30)19(15)21-20(28-33-10-9-29-7-5-25-6-8-29)16-11-13(23(31)32)1-4-17(16)26-21/h1-4,11-12,25,27,30H,5-10H2,(H,31,32)/b28-20+. The molecule has 1 aromatic heterocycles. The third-order valence-electron chi connectivity index (χ3n) is 5.80. The fourth-order valence-corrected chi connectivity index (χ4v) is 4.50. The number of H-pyrrole nitrogens is 1. The zero-order valence-corrected chi connectivity index (χ0v) is 19.2. The van der Waals surface area contributed by atoms with E-state index < -0.39 is 5.97 Å². The number of hydrogen-bond acceptors (Lipinski definition) is 7. The largest absolute Gasteiger partial charge is 0.494 e. The Morgan fingerprint density at radius 3 is 2.82 bits per heavy atom. The Morgan fingerprint density at radius 2 is 2.03 bits per heavy atom. The van der Waals surface area contributed by atoms with Crippen molar-refractivity contribution in [3.8, 4) is 5.88 Å². The highest BCUT2D eigenvalue weighted by Gasteiger charge is 2.30. The molecular formula is C23H22BrN5O4. The summed E-state index contributed by atoms with van der Waals surface area (Å²) in [7, 11) is 0. The number of aromatic hydroxyl groups is 1. The molecule has 0 aliphatic carbocycles. The van der Waals surface area contributed by atoms with Gasteiger partial charge >= 0.3 is 5.97 Å². The highest BCUT2D eigenvalue weighted by molar-refractivity contribution is 9.10. The molecule has 33 heavy (non-hydrogen) atoms. The van der Waals surface area contributed by atoms with Gasteiger partial charge in [0.15, 0.2) is 5.88 Å². The number of aromatic amines is 1. The van der Waals surface area contributed by atoms with Gasteiger partial charge in [0.05, 0.1) is 22.3 Å². The van der Waals surface area contributed by atoms with Gasteiger partial charge in [-0.15, -0.1) is 0 Å². The number of aromatic carboxylic acids is 1. The molecule has 0 bridgehead atoms. The number of hydrogen-bond donors (Lipinski definition) is 4. The molecule has 0 atom stereocenters. The van der Waals surface area contributed by atoms with Crippen LogP contribution in [0.25, 0.3) is 10.9 Å². The van der Waals surface area contributed by atoms with Gasteiger partial charge in [0, 0.05) is 48.1 Å². The van der Waals surface area contributed by atoms with Gasteiger partial charge in [0.2, 0.25) is 0 Å². The number of nitrogens with zero attached hydrogens (tertiary/aromatic N) is 3. The molecule has 2 aliphatic heterocycles. The number of aliphatic imine (C=N–C) groups is 1. The van der Waals surface area contributed by atoms with Gasteiger partial charge in [-0.25, -0.2) is 9.79 Å². The number of oxime groups is 1. The first kappa shape index (κ1) is 21.6. The van der Waals surface area contributed by atoms with Gasteiger partial charge in [0.1, 0.15) is 18.0 Å². The molecule has 9 nitrogen and oxygen atoms in total. The van der Waals surface area contributed by atoms with Crippen molar-refractivity contribution in [3.05, 3.63) is 57.6 Å². The SMILES string of the molecule is O=C(O)c1ccc2c(c1)/C(=N\OCCN1CCNCC1)C(c1c(O)[nH]c3cc(Br)ccc13)=N2. The number of benzene rings is 2. The van der Waals surface area contributed by atoms with Crippen LogP contribution in [-0.4, -0.2) is 76.8 Å². The van der Waals surface area contributed by atoms with Gasteiger partial charge in [-0.3, -0.25) is 4.90 Å². The summed E-state index contributed by atoms with van der Waals surface area (Å²) in [6, 6.07) is 10.3. The van der Waals surface area contributed by atoms with E-state index >= 15 is 0 Å². The van der Waals surface area contributed by atoms with Crippen molar-refractivity contribution in [1.82, 2.24) is 15.2 Å². The number of halogens is 1. The molecule has 5 rings (SSSR count). The van der Waals surface area contributed by atoms with Gasteiger partial charge in [-0.2, -0.15) is 0 Å². The van der Waals surface area contributed by atoms with Crippen molar-refractivity contribution < 1.29 is 19.8 Å². The molecule has 2 aliphatic rings. The number of fused-ring (bicyclic) bond motifs is 2. The molecule has 170 valence electrons. The summed E-state index contributed by atoms with van der Waals surface area (Å²) in [6.45, 7) is 4.93. The van der Waals surface area contributed by atoms with E-state index in [0.717, 1.165) is 48.1 Å². The van der Waals surface area contributed by atoms with E-state index in [1.165, 1.54) is 12.1 Å². The number of rotatable bonds is 6. The average molecular weight is 512 g/mol. The van der Waals surface area contributed by atoms with Crippen LogP contribution in [0.3, 0.4) is 0 Å². The minimum Gasteiger partial charge on any atom is -0.494 e. The number of carboxylic acid groups (broad SMARTS) is 1. The summed E-state index contributed by atoms with van der Waals surface area (Å²) >= 11 is 3.44. The Balaban J connectivity index is 1.50. The first-order valence-corrected chi connectivity index (χ1v) is 11.4. The van der Waals surface area contributed by atoms with Crippen molar-refractivity contribution in [3.63, 3.8) is 0 Å². The van der Waals surface area contributed by atoms with Crippen LogP contribution in [0.15, 0.2) is 51.0 Å². The summed E-state index contributed by atoms with van der Waals surface area (Å²) in [5, 5.41) is 28.6. The third kappa shape index (κ3) is 4.24. The lowest BCUT2D eigenvalue weighted by Crippen LogP contribution is -2.44. The topological polar surface area (TPSA) is 123 Å². The zero-order chi connectivity index (χ0) is 22.9. The number of carbonyl (C=O) groups is 1. The van der Waals surface area contributed by atoms with Crippen LogP contribution in [0.4, 0.5) is 5.69 Å². The van der Waals surface area contributed by atoms with Crippen LogP contribution < -0.4 is 5.32 Å². The number of nitrogens with one attached hydrogen (secondary N) is 2. The van der Waals surface area contributed by atoms with Crippen molar-refractivity contribution in [2.75, 3.05) is 39.3 Å². The molecule has 0 unspecified atom stereocenters. The predicted molar refractivity (Wildman–Crippen MR) is 129 cm³/mol. The van der Waals surface area contributed by atoms with Gasteiger partial charge < -0.3 is 25.4 Å². The average Bonchev–Trinajstić information content (AvgIpc) is 3.32. The Hall–Kier alpha value is -3.21. The summed E-state index contributed by atoms with van der Waals surface area (Å²) < 4.78 is 0.871. The molecule has 0 saturated carbocycles. The minimum absolute atomic E-state index is 0.0402. The van der Waals surface area contributed by atoms with Crippen molar-refractivity contribution >= 4 is 49.9 Å². The van der Waals surface area contributed by atoms with E-state index in [4.69, 9.17) is 4.84 Å². The fraction of sp³-hybridized carbons (Fsp3) is 0.261. The Bertz CT molecular complexity index is 1290. The van der Waals surface area contributed by atoms with Crippen molar-refractivity contribution in [1.29, 1.82) is 0 Å². The first-order chi connectivity index (χ1) is 16.0. The Kier molecular flexibility index (Phi) is 5.88. The maximum atomic E-state index is 11.5. The summed E-state index contributed by atoms with van der Waals surface area (Å²) in [4.78, 5) is 27.2. The third-order valence-corrected chi connectivity index (χ3v) is 6.29. The lowest BCUT2D eigenvalue weighted by Gasteiger charge is -2.26. The van der Waals surface area contributed by atoms with Gasteiger partial charge in [-0.05, 0) is 30.3 Å². The van der Waals surface area contributed by atoms with Crippen LogP contribution >= 0.6 is 15.9 Å². The number of piperazine rings is 1. The van der Waals surface area contributed by atoms with Gasteiger partial charge in [0.25, 0.3) is 0 Å². The second kappa shape index (κ2) is 8.97. The summed E-state index contributed by atoms with van der Waals surface area (Å²) in [5.41, 5.74) is 3.32. The van der Waals surface area contributed by atoms with E-state index in [1.807, 2.05) is 18.2 Å². The fourth-order valence-electron chi connectivity index (χ4n) is 4.13. The summed E-state index contributed by atoms with van der Waals surface area (Å²) in [5.74, 6) is -1.08. The lowest BCUT2D eigenvalue weighted by atomic mass is 9.99. The lowest BCUT2D eigenvalue weighted by molar-refractivity contribution is 0.0697. The predicted octanol–water partition coefficient (Wildman–Crippen LogP) is 3.09. The van der Waals surface area contributed by atoms with Crippen LogP contribution in [0, 0.1) is 0 Å². The molecule has 4 N–H and O–H groups in total. The minimum atomic E-state index is -1.04. The maximum Gasteiger partial charge on any atom is 0.335 e. The quantitative estimate of drug-likeness (QED) is 0.298. The molecule has 3 aromatic rings. The monoisotopic (exact) mass is 511 g/mol. The molecule has 2 aromatic carbocycles. The Labute approximate surface area is 197 Å². The molecule has 0 spiro atoms. The molecule has 3 heterocycles. The number of carboxylic acids is 1. The van der Waals surface area contributed by atoms with E-state index in [2.05, 4.69) is 41.3 Å². The van der Waals surface area contributed by atoms with E-state index in [9.17, 15) is 15.0 Å². The van der Waals surface area contributed by atoms with E-state index in [1.54, 1.807) is 6.07 Å². The smallest absolute Gasteiger partial charge is 0.335 e. The molecule has 10 heteroatoms. The molecule has 1 saturated heterocycles. The zero-order valence-electron chi connectivity index (χ0n) is 17.6. The first-order valence-electron chi connectivity index (χ1n) is 10.6. The van der Waals surface area contributed by atoms with E-state index in [-0.39, 0.29) is 11.4 Å². The van der Waals surface area contributed by atoms with Crippen LogP contribution in [0.5, 0.6) is 5.88 Å². The van der Waals surface area contributed by atoms with E-state index in [0.29, 0.717) is 34.8 Å². The highest BCUT2D eigenvalue weighted by atomic mass is 79.9. The van der Waals surface area contributed by atoms with Crippen LogP contribution in [-0.2, 0) is 4.84 Å². The Morgan fingerprint density at radius 1 is 1.21 bits per heavy atom. The summed E-state index contributed by atoms with van der Waals surface area (Å²) in [6.07, 6.45) is 0. The molecular weight excluding hydrogens is 490 g/mol. The molecule has 1 fully saturated rings. The second-order valence-electron chi connectivity index (χ2n) is 7.90. The second-order valence-corrected chi connectivity index (χ2v) is 8.82. The van der Waals surface area contributed by atoms with Gasteiger partial charge in [-0.1, -0.05) is 27.2 Å². The highest BCUT2D eigenvalue weighted by Crippen LogP contribution is 2.37. The molecule has 0 amide bonds. The maximum absolute atomic E-state index is 11.5. The molecule has 0 radical (unpaired) electrons. The van der Waals surface area contributed by atoms with Crippen LogP contribution in [0.2, 0.25) is 0 Å². The van der Waals surface area contributed by atoms with Crippen molar-refractivity contribution in [2.24, 2.45) is 10.1 Å². The van der Waals surface area contributed by atoms with Crippen LogP contribution in [0.1, 0.15) is 21.5 Å². The van der Waals surface area contributed by atoms with Crippen molar-refractivity contribution in [2.45, 2.75) is 0 Å². The number of aromatic nitrogens is 1.